The van der Waals surface area contributed by atoms with Crippen LogP contribution in [-0.4, -0.2) is 45.4 Å². The summed E-state index contributed by atoms with van der Waals surface area (Å²) in [6, 6.07) is 3.07. The molecule has 0 aromatic heterocycles. The lowest BCUT2D eigenvalue weighted by molar-refractivity contribution is -0.127. The fourth-order valence-corrected chi connectivity index (χ4v) is 1.80. The van der Waals surface area contributed by atoms with Crippen molar-refractivity contribution in [3.05, 3.63) is 17.7 Å². The molecule has 0 aliphatic carbocycles. The van der Waals surface area contributed by atoms with E-state index in [2.05, 4.69) is 5.32 Å². The molecule has 7 nitrogen and oxygen atoms in total. The van der Waals surface area contributed by atoms with Crippen molar-refractivity contribution in [1.82, 2.24) is 5.32 Å². The van der Waals surface area contributed by atoms with Gasteiger partial charge in [-0.15, -0.1) is 0 Å². The number of methoxy groups -OCH3 is 1. The fraction of sp³-hybridized carbons (Fsp3) is 0.429. The average Bonchev–Trinajstić information content (AvgIpc) is 2.93. The maximum Gasteiger partial charge on any atom is 0.260 e. The zero-order chi connectivity index (χ0) is 15.2. The molecule has 1 N–H and O–H groups in total. The molecule has 1 amide bonds. The molecule has 1 heterocycles. The number of hydrogen-bond acceptors (Lipinski definition) is 6. The molecule has 1 atom stereocenters. The summed E-state index contributed by atoms with van der Waals surface area (Å²) in [5.74, 6) is 0.967. The summed E-state index contributed by atoms with van der Waals surface area (Å²) in [5.41, 5.74) is 0.302. The van der Waals surface area contributed by atoms with Crippen molar-refractivity contribution in [3.8, 4) is 17.2 Å². The second-order valence-electron chi connectivity index (χ2n) is 4.41. The summed E-state index contributed by atoms with van der Waals surface area (Å²) in [4.78, 5) is 22.9. The van der Waals surface area contributed by atoms with Crippen molar-refractivity contribution in [1.29, 1.82) is 0 Å². The van der Waals surface area contributed by atoms with Crippen molar-refractivity contribution in [2.75, 3.05) is 27.1 Å². The van der Waals surface area contributed by atoms with Gasteiger partial charge in [0, 0.05) is 19.7 Å². The normalized spacial score (nSPS) is 13.6. The van der Waals surface area contributed by atoms with Gasteiger partial charge in [0.2, 0.25) is 6.79 Å². The van der Waals surface area contributed by atoms with Crippen LogP contribution in [-0.2, 0) is 9.53 Å². The molecular formula is C14H17NO6. The van der Waals surface area contributed by atoms with Crippen molar-refractivity contribution in [2.45, 2.75) is 13.0 Å². The van der Waals surface area contributed by atoms with Gasteiger partial charge >= 0.3 is 0 Å². The van der Waals surface area contributed by atoms with Crippen LogP contribution in [0.1, 0.15) is 17.3 Å². The minimum absolute atomic E-state index is 0.101. The van der Waals surface area contributed by atoms with Gasteiger partial charge in [-0.3, -0.25) is 9.59 Å². The summed E-state index contributed by atoms with van der Waals surface area (Å²) in [6.07, 6.45) is -0.103. The lowest BCUT2D eigenvalue weighted by atomic mass is 10.2. The maximum atomic E-state index is 11.8. The minimum Gasteiger partial charge on any atom is -0.480 e. The number of ether oxygens (including phenoxy) is 4. The first-order valence-electron chi connectivity index (χ1n) is 6.48. The van der Waals surface area contributed by atoms with Crippen LogP contribution in [0.25, 0.3) is 0 Å². The second-order valence-corrected chi connectivity index (χ2v) is 4.41. The molecule has 1 aliphatic rings. The highest BCUT2D eigenvalue weighted by Crippen LogP contribution is 2.37. The third-order valence-corrected chi connectivity index (χ3v) is 2.91. The molecule has 1 aromatic rings. The number of aldehydes is 1. The number of fused-ring (bicyclic) bond motifs is 1. The van der Waals surface area contributed by atoms with E-state index < -0.39 is 6.10 Å². The highest BCUT2D eigenvalue weighted by Gasteiger charge is 2.21. The topological polar surface area (TPSA) is 83.1 Å². The summed E-state index contributed by atoms with van der Waals surface area (Å²) in [7, 11) is 1.55. The zero-order valence-electron chi connectivity index (χ0n) is 11.9. The van der Waals surface area contributed by atoms with Crippen molar-refractivity contribution < 1.29 is 28.5 Å². The Bertz CT molecular complexity index is 530. The van der Waals surface area contributed by atoms with Crippen LogP contribution in [0.5, 0.6) is 17.2 Å². The predicted octanol–water partition coefficient (Wildman–Crippen LogP) is 0.758. The van der Waals surface area contributed by atoms with E-state index in [0.29, 0.717) is 36.5 Å². The monoisotopic (exact) mass is 295 g/mol. The van der Waals surface area contributed by atoms with Gasteiger partial charge in [0.25, 0.3) is 5.91 Å². The Hall–Kier alpha value is -2.28. The molecule has 1 aliphatic heterocycles. The van der Waals surface area contributed by atoms with E-state index in [9.17, 15) is 9.59 Å². The molecule has 1 aromatic carbocycles. The Kier molecular flexibility index (Phi) is 4.99. The number of hydrogen-bond donors (Lipinski definition) is 1. The van der Waals surface area contributed by atoms with E-state index in [1.54, 1.807) is 20.1 Å². The van der Waals surface area contributed by atoms with Gasteiger partial charge in [0.15, 0.2) is 23.9 Å². The van der Waals surface area contributed by atoms with Gasteiger partial charge in [-0.05, 0) is 13.0 Å². The van der Waals surface area contributed by atoms with Crippen LogP contribution in [0.15, 0.2) is 12.1 Å². The average molecular weight is 295 g/mol. The third-order valence-electron chi connectivity index (χ3n) is 2.91. The molecule has 0 saturated carbocycles. The lowest BCUT2D eigenvalue weighted by Crippen LogP contribution is -2.38. The van der Waals surface area contributed by atoms with E-state index in [1.807, 2.05) is 0 Å². The Morgan fingerprint density at radius 2 is 2.14 bits per heavy atom. The van der Waals surface area contributed by atoms with E-state index in [4.69, 9.17) is 18.9 Å². The molecular weight excluding hydrogens is 278 g/mol. The molecule has 7 heteroatoms. The van der Waals surface area contributed by atoms with Crippen LogP contribution < -0.4 is 19.5 Å². The predicted molar refractivity (Wildman–Crippen MR) is 72.9 cm³/mol. The van der Waals surface area contributed by atoms with E-state index >= 15 is 0 Å². The Morgan fingerprint density at radius 3 is 2.81 bits per heavy atom. The largest absolute Gasteiger partial charge is 0.480 e. The van der Waals surface area contributed by atoms with Crippen LogP contribution in [0, 0.1) is 0 Å². The number of nitrogens with one attached hydrogen (secondary N) is 1. The molecule has 0 saturated heterocycles. The fourth-order valence-electron chi connectivity index (χ4n) is 1.80. The molecule has 1 unspecified atom stereocenters. The van der Waals surface area contributed by atoms with Crippen LogP contribution in [0.2, 0.25) is 0 Å². The smallest absolute Gasteiger partial charge is 0.260 e. The zero-order valence-corrected chi connectivity index (χ0v) is 11.9. The molecule has 0 fully saturated rings. The Labute approximate surface area is 122 Å². The number of rotatable bonds is 7. The molecule has 114 valence electrons. The minimum atomic E-state index is -0.749. The van der Waals surface area contributed by atoms with Gasteiger partial charge in [0.05, 0.1) is 12.2 Å². The van der Waals surface area contributed by atoms with Crippen molar-refractivity contribution in [3.63, 3.8) is 0 Å². The van der Waals surface area contributed by atoms with Crippen LogP contribution >= 0.6 is 0 Å². The number of amides is 1. The summed E-state index contributed by atoms with van der Waals surface area (Å²) in [6.45, 7) is 2.51. The van der Waals surface area contributed by atoms with Crippen LogP contribution in [0.4, 0.5) is 0 Å². The van der Waals surface area contributed by atoms with Crippen LogP contribution in [0.3, 0.4) is 0 Å². The summed E-state index contributed by atoms with van der Waals surface area (Å²) >= 11 is 0. The van der Waals surface area contributed by atoms with Gasteiger partial charge in [-0.1, -0.05) is 0 Å². The first-order valence-corrected chi connectivity index (χ1v) is 6.48. The highest BCUT2D eigenvalue weighted by molar-refractivity contribution is 5.83. The quantitative estimate of drug-likeness (QED) is 0.590. The number of carbonyl (C=O) groups excluding carboxylic acids is 2. The van der Waals surface area contributed by atoms with E-state index in [-0.39, 0.29) is 18.4 Å². The SMILES string of the molecule is COCCNC(=O)C(C)Oc1cc2c(cc1C=O)OCO2. The Balaban J connectivity index is 2.04. The molecule has 0 bridgehead atoms. The second kappa shape index (κ2) is 6.94. The standard InChI is InChI=1S/C14H17NO6/c1-9(14(17)15-3-4-18-2)21-11-6-13-12(19-8-20-13)5-10(11)7-16/h5-7,9H,3-4,8H2,1-2H3,(H,15,17). The third kappa shape index (κ3) is 3.63. The summed E-state index contributed by atoms with van der Waals surface area (Å²) < 4.78 is 20.8. The molecule has 2 rings (SSSR count). The first-order chi connectivity index (χ1) is 10.2. The number of benzene rings is 1. The molecule has 21 heavy (non-hydrogen) atoms. The van der Waals surface area contributed by atoms with Gasteiger partial charge in [-0.25, -0.2) is 0 Å². The van der Waals surface area contributed by atoms with Gasteiger partial charge in [0.1, 0.15) is 5.75 Å². The van der Waals surface area contributed by atoms with Crippen molar-refractivity contribution >= 4 is 12.2 Å². The Morgan fingerprint density at radius 1 is 1.43 bits per heavy atom. The van der Waals surface area contributed by atoms with E-state index in [0.717, 1.165) is 0 Å². The van der Waals surface area contributed by atoms with Gasteiger partial charge in [-0.2, -0.15) is 0 Å². The molecule has 0 spiro atoms. The number of carbonyl (C=O) groups is 2. The highest BCUT2D eigenvalue weighted by atomic mass is 16.7. The summed E-state index contributed by atoms with van der Waals surface area (Å²) in [5, 5.41) is 2.66. The van der Waals surface area contributed by atoms with E-state index in [1.165, 1.54) is 6.07 Å². The maximum absolute atomic E-state index is 11.8. The van der Waals surface area contributed by atoms with Gasteiger partial charge < -0.3 is 24.3 Å². The lowest BCUT2D eigenvalue weighted by Gasteiger charge is -2.16. The first kappa shape index (κ1) is 15.1. The van der Waals surface area contributed by atoms with Crippen molar-refractivity contribution in [2.24, 2.45) is 0 Å². The molecule has 0 radical (unpaired) electrons.